The van der Waals surface area contributed by atoms with Crippen molar-refractivity contribution >= 4 is 23.2 Å². The summed E-state index contributed by atoms with van der Waals surface area (Å²) in [7, 11) is 0. The molecule has 5 nitrogen and oxygen atoms in total. The third-order valence-corrected chi connectivity index (χ3v) is 4.03. The maximum absolute atomic E-state index is 12.1. The molecule has 1 aliphatic heterocycles. The average molecular weight is 332 g/mol. The van der Waals surface area contributed by atoms with Crippen LogP contribution in [0.3, 0.4) is 0 Å². The summed E-state index contributed by atoms with van der Waals surface area (Å²) >= 11 is 6.23. The lowest BCUT2D eigenvalue weighted by atomic mass is 10.1. The molecule has 6 heteroatoms. The first-order valence-electron chi connectivity index (χ1n) is 7.56. The van der Waals surface area contributed by atoms with Gasteiger partial charge in [0.1, 0.15) is 12.4 Å². The van der Waals surface area contributed by atoms with Crippen LogP contribution in [0.25, 0.3) is 0 Å². The number of ether oxygens (including phenoxy) is 1. The van der Waals surface area contributed by atoms with Crippen molar-refractivity contribution in [3.63, 3.8) is 0 Å². The molecule has 120 valence electrons. The summed E-state index contributed by atoms with van der Waals surface area (Å²) in [4.78, 5) is 16.3. The van der Waals surface area contributed by atoms with E-state index in [0.29, 0.717) is 23.1 Å². The Morgan fingerprint density at radius 1 is 1.39 bits per heavy atom. The molecular weight excluding hydrogens is 314 g/mol. The number of benzene rings is 1. The predicted octanol–water partition coefficient (Wildman–Crippen LogP) is 2.86. The Balaban J connectivity index is 1.60. The predicted molar refractivity (Wildman–Crippen MR) is 89.6 cm³/mol. The number of rotatable bonds is 5. The number of halogens is 1. The van der Waals surface area contributed by atoms with Crippen LogP contribution in [0.2, 0.25) is 5.02 Å². The van der Waals surface area contributed by atoms with E-state index in [1.54, 1.807) is 24.4 Å². The van der Waals surface area contributed by atoms with Crippen LogP contribution in [-0.2, 0) is 11.4 Å². The molecule has 1 fully saturated rings. The van der Waals surface area contributed by atoms with E-state index in [-0.39, 0.29) is 11.8 Å². The van der Waals surface area contributed by atoms with Crippen molar-refractivity contribution in [2.75, 3.05) is 18.4 Å². The fourth-order valence-corrected chi connectivity index (χ4v) is 2.69. The molecule has 1 aromatic carbocycles. The number of hydrogen-bond acceptors (Lipinski definition) is 4. The number of pyridine rings is 1. The van der Waals surface area contributed by atoms with Crippen LogP contribution < -0.4 is 15.4 Å². The van der Waals surface area contributed by atoms with Crippen molar-refractivity contribution in [1.29, 1.82) is 0 Å². The highest BCUT2D eigenvalue weighted by Crippen LogP contribution is 2.28. The molecular formula is C17H18ClN3O2. The Hall–Kier alpha value is -2.11. The van der Waals surface area contributed by atoms with E-state index < -0.39 is 0 Å². The molecule has 1 saturated heterocycles. The number of anilines is 1. The first-order chi connectivity index (χ1) is 11.2. The summed E-state index contributed by atoms with van der Waals surface area (Å²) in [5.41, 5.74) is 1.51. The Bertz CT molecular complexity index is 673. The highest BCUT2D eigenvalue weighted by molar-refractivity contribution is 6.32. The van der Waals surface area contributed by atoms with Gasteiger partial charge in [0, 0.05) is 18.4 Å². The van der Waals surface area contributed by atoms with E-state index in [2.05, 4.69) is 15.6 Å². The van der Waals surface area contributed by atoms with Crippen LogP contribution in [0.5, 0.6) is 5.75 Å². The van der Waals surface area contributed by atoms with Gasteiger partial charge in [-0.2, -0.15) is 0 Å². The van der Waals surface area contributed by atoms with Gasteiger partial charge in [-0.3, -0.25) is 9.78 Å². The third-order valence-electron chi connectivity index (χ3n) is 3.73. The Labute approximate surface area is 140 Å². The second-order valence-corrected chi connectivity index (χ2v) is 5.84. The monoisotopic (exact) mass is 331 g/mol. The van der Waals surface area contributed by atoms with E-state index in [4.69, 9.17) is 16.3 Å². The van der Waals surface area contributed by atoms with Crippen LogP contribution >= 0.6 is 11.6 Å². The molecule has 0 saturated carbocycles. The molecule has 2 N–H and O–H groups in total. The van der Waals surface area contributed by atoms with Crippen LogP contribution in [0.4, 0.5) is 5.69 Å². The molecule has 1 aliphatic rings. The van der Waals surface area contributed by atoms with E-state index in [1.165, 1.54) is 0 Å². The van der Waals surface area contributed by atoms with Crippen molar-refractivity contribution in [3.8, 4) is 5.75 Å². The number of carbonyl (C=O) groups is 1. The van der Waals surface area contributed by atoms with E-state index in [0.717, 1.165) is 25.2 Å². The smallest absolute Gasteiger partial charge is 0.228 e. The molecule has 1 amide bonds. The molecule has 1 unspecified atom stereocenters. The largest absolute Gasteiger partial charge is 0.486 e. The normalized spacial score (nSPS) is 17.0. The number of carbonyl (C=O) groups excluding carboxylic acids is 1. The third kappa shape index (κ3) is 4.21. The second kappa shape index (κ2) is 7.44. The van der Waals surface area contributed by atoms with Crippen LogP contribution in [0, 0.1) is 5.92 Å². The molecule has 1 aromatic heterocycles. The van der Waals surface area contributed by atoms with Crippen LogP contribution in [0.1, 0.15) is 12.1 Å². The topological polar surface area (TPSA) is 63.2 Å². The van der Waals surface area contributed by atoms with Crippen LogP contribution in [0.15, 0.2) is 42.6 Å². The van der Waals surface area contributed by atoms with Gasteiger partial charge in [-0.1, -0.05) is 17.7 Å². The minimum atomic E-state index is 0.0215. The quantitative estimate of drug-likeness (QED) is 0.884. The number of nitrogens with zero attached hydrogens (tertiary/aromatic N) is 1. The summed E-state index contributed by atoms with van der Waals surface area (Å²) in [6.07, 6.45) is 2.58. The SMILES string of the molecule is O=C(Nc1ccc(OCc2ccccn2)c(Cl)c1)C1CCNC1. The minimum Gasteiger partial charge on any atom is -0.486 e. The molecule has 3 rings (SSSR count). The molecule has 0 aliphatic carbocycles. The first-order valence-corrected chi connectivity index (χ1v) is 7.94. The summed E-state index contributed by atoms with van der Waals surface area (Å²) in [6.45, 7) is 1.96. The van der Waals surface area contributed by atoms with Gasteiger partial charge < -0.3 is 15.4 Å². The van der Waals surface area contributed by atoms with Gasteiger partial charge in [-0.15, -0.1) is 0 Å². The number of aromatic nitrogens is 1. The maximum atomic E-state index is 12.1. The number of hydrogen-bond donors (Lipinski definition) is 2. The Kier molecular flexibility index (Phi) is 5.10. The lowest BCUT2D eigenvalue weighted by Gasteiger charge is -2.12. The van der Waals surface area contributed by atoms with Gasteiger partial charge in [0.25, 0.3) is 0 Å². The maximum Gasteiger partial charge on any atom is 0.228 e. The van der Waals surface area contributed by atoms with E-state index in [1.807, 2.05) is 18.2 Å². The van der Waals surface area contributed by atoms with Crippen molar-refractivity contribution in [3.05, 3.63) is 53.3 Å². The van der Waals surface area contributed by atoms with Gasteiger partial charge >= 0.3 is 0 Å². The number of nitrogens with one attached hydrogen (secondary N) is 2. The molecule has 0 radical (unpaired) electrons. The molecule has 2 heterocycles. The van der Waals surface area contributed by atoms with E-state index in [9.17, 15) is 4.79 Å². The van der Waals surface area contributed by atoms with Crippen LogP contribution in [-0.4, -0.2) is 24.0 Å². The zero-order valence-corrected chi connectivity index (χ0v) is 13.3. The molecule has 23 heavy (non-hydrogen) atoms. The fraction of sp³-hybridized carbons (Fsp3) is 0.294. The molecule has 0 spiro atoms. The minimum absolute atomic E-state index is 0.0215. The Morgan fingerprint density at radius 3 is 3.00 bits per heavy atom. The highest BCUT2D eigenvalue weighted by Gasteiger charge is 2.22. The van der Waals surface area contributed by atoms with Gasteiger partial charge in [-0.05, 0) is 43.3 Å². The summed E-state index contributed by atoms with van der Waals surface area (Å²) in [5, 5.41) is 6.53. The van der Waals surface area contributed by atoms with Crippen molar-refractivity contribution in [2.24, 2.45) is 5.92 Å². The zero-order chi connectivity index (χ0) is 16.1. The van der Waals surface area contributed by atoms with Gasteiger partial charge in [-0.25, -0.2) is 0 Å². The average Bonchev–Trinajstić information content (AvgIpc) is 3.10. The zero-order valence-electron chi connectivity index (χ0n) is 12.6. The number of amides is 1. The van der Waals surface area contributed by atoms with E-state index >= 15 is 0 Å². The fourth-order valence-electron chi connectivity index (χ4n) is 2.45. The summed E-state index contributed by atoms with van der Waals surface area (Å²) in [6, 6.07) is 10.9. The summed E-state index contributed by atoms with van der Waals surface area (Å²) < 4.78 is 5.67. The van der Waals surface area contributed by atoms with Gasteiger partial charge in [0.05, 0.1) is 16.6 Å². The standard InChI is InChI=1S/C17H18ClN3O2/c18-15-9-13(21-17(22)12-6-8-19-10-12)4-5-16(15)23-11-14-3-1-2-7-20-14/h1-5,7,9,12,19H,6,8,10-11H2,(H,21,22). The second-order valence-electron chi connectivity index (χ2n) is 5.43. The van der Waals surface area contributed by atoms with Crippen molar-refractivity contribution in [1.82, 2.24) is 10.3 Å². The first kappa shape index (κ1) is 15.8. The molecule has 1 atom stereocenters. The molecule has 0 bridgehead atoms. The summed E-state index contributed by atoms with van der Waals surface area (Å²) in [5.74, 6) is 0.611. The lowest BCUT2D eigenvalue weighted by molar-refractivity contribution is -0.119. The van der Waals surface area contributed by atoms with Gasteiger partial charge in [0.2, 0.25) is 5.91 Å². The van der Waals surface area contributed by atoms with Crippen molar-refractivity contribution < 1.29 is 9.53 Å². The Morgan fingerprint density at radius 2 is 2.30 bits per heavy atom. The molecule has 2 aromatic rings. The van der Waals surface area contributed by atoms with Gasteiger partial charge in [0.15, 0.2) is 0 Å². The van der Waals surface area contributed by atoms with Crippen molar-refractivity contribution in [2.45, 2.75) is 13.0 Å². The highest BCUT2D eigenvalue weighted by atomic mass is 35.5. The lowest BCUT2D eigenvalue weighted by Crippen LogP contribution is -2.24.